The molecule has 4 heterocycles. The Morgan fingerprint density at radius 3 is 1.00 bits per heavy atom. The summed E-state index contributed by atoms with van der Waals surface area (Å²) in [6, 6.07) is 45.7. The van der Waals surface area contributed by atoms with Crippen molar-refractivity contribution in [1.29, 1.82) is 0 Å². The molecule has 270 valence electrons. The van der Waals surface area contributed by atoms with Crippen LogP contribution in [0.25, 0.3) is 39.7 Å². The van der Waals surface area contributed by atoms with Gasteiger partial charge in [0.15, 0.2) is 12.6 Å². The maximum absolute atomic E-state index is 12.3. The van der Waals surface area contributed by atoms with Gasteiger partial charge in [-0.15, -0.1) is 45.3 Å². The Labute approximate surface area is 341 Å². The molecule has 6 heteroatoms. The second kappa shape index (κ2) is 12.1. The summed E-state index contributed by atoms with van der Waals surface area (Å²) in [6.07, 6.45) is 1.99. The quantitative estimate of drug-likeness (QED) is 0.157. The molecule has 0 N–H and O–H groups in total. The zero-order valence-corrected chi connectivity index (χ0v) is 34.4. The molecule has 9 aromatic rings. The van der Waals surface area contributed by atoms with Gasteiger partial charge in [-0.1, -0.05) is 119 Å². The number of hydrogen-bond acceptors (Lipinski definition) is 6. The van der Waals surface area contributed by atoms with Crippen molar-refractivity contribution in [3.63, 3.8) is 0 Å². The lowest BCUT2D eigenvalue weighted by Crippen LogP contribution is -2.30. The van der Waals surface area contributed by atoms with E-state index < -0.39 is 10.8 Å². The van der Waals surface area contributed by atoms with Crippen LogP contribution in [-0.2, 0) is 10.8 Å². The molecule has 0 radical (unpaired) electrons. The number of fused-ring (bicyclic) bond motifs is 10. The lowest BCUT2D eigenvalue weighted by Gasteiger charge is -2.36. The van der Waals surface area contributed by atoms with Gasteiger partial charge in [-0.25, -0.2) is 0 Å². The zero-order valence-electron chi connectivity index (χ0n) is 31.2. The minimum Gasteiger partial charge on any atom is -0.297 e. The minimum atomic E-state index is -0.626. The van der Waals surface area contributed by atoms with Crippen molar-refractivity contribution in [3.05, 3.63) is 198 Å². The van der Waals surface area contributed by atoms with Crippen LogP contribution in [0.15, 0.2) is 121 Å². The summed E-state index contributed by atoms with van der Waals surface area (Å²) in [6.45, 7) is 8.60. The molecule has 0 bridgehead atoms. The van der Waals surface area contributed by atoms with Gasteiger partial charge in [-0.2, -0.15) is 0 Å². The van der Waals surface area contributed by atoms with E-state index in [1.54, 1.807) is 22.7 Å². The molecule has 0 saturated carbocycles. The van der Waals surface area contributed by atoms with Crippen LogP contribution in [0.3, 0.4) is 0 Å². The monoisotopic (exact) mass is 794 g/mol. The fourth-order valence-corrected chi connectivity index (χ4v) is 14.7. The summed E-state index contributed by atoms with van der Waals surface area (Å²) in [5.41, 5.74) is 16.1. The molecule has 0 spiro atoms. The first-order chi connectivity index (χ1) is 27.2. The normalized spacial score (nSPS) is 14.5. The van der Waals surface area contributed by atoms with Gasteiger partial charge in [0.25, 0.3) is 0 Å². The lowest BCUT2D eigenvalue weighted by molar-refractivity contribution is 0.111. The van der Waals surface area contributed by atoms with E-state index in [1.807, 2.05) is 22.7 Å². The summed E-state index contributed by atoms with van der Waals surface area (Å²) < 4.78 is 2.35. The van der Waals surface area contributed by atoms with Crippen molar-refractivity contribution in [2.75, 3.05) is 0 Å². The van der Waals surface area contributed by atoms with Gasteiger partial charge >= 0.3 is 0 Å². The fourth-order valence-electron chi connectivity index (χ4n) is 9.67. The van der Waals surface area contributed by atoms with Gasteiger partial charge in [-0.05, 0) is 108 Å². The number of aryl methyl sites for hydroxylation is 4. The molecule has 0 aliphatic heterocycles. The molecule has 0 amide bonds. The maximum atomic E-state index is 12.3. The smallest absolute Gasteiger partial charge is 0.160 e. The molecule has 0 saturated heterocycles. The van der Waals surface area contributed by atoms with E-state index in [0.29, 0.717) is 0 Å². The minimum absolute atomic E-state index is 0.626. The molecule has 4 aromatic heterocycles. The standard InChI is InChI=1S/C50H34O2S4/c1-27-5-13-31(14-6-27)49(32-15-7-28(2)8-16-32)41-23-38-42(24-37(41)45-43(49)39-21-35(25-51)53-47(39)55-45)50(33-17-9-29(3)10-18-33,34-19-11-30(4)12-20-34)44-40-22-36(26-52)54-48(40)56-46(38)44/h5-26H,1-4H3. The highest BCUT2D eigenvalue weighted by molar-refractivity contribution is 7.41. The van der Waals surface area contributed by atoms with Gasteiger partial charge < -0.3 is 0 Å². The number of aldehydes is 2. The molecule has 2 aliphatic carbocycles. The fraction of sp³-hybridized carbons (Fsp3) is 0.120. The highest BCUT2D eigenvalue weighted by Crippen LogP contribution is 2.67. The number of thiophene rings is 4. The third-order valence-corrected chi connectivity index (χ3v) is 17.0. The lowest BCUT2D eigenvalue weighted by atomic mass is 9.65. The molecular formula is C50H34O2S4. The van der Waals surface area contributed by atoms with Gasteiger partial charge in [0, 0.05) is 20.5 Å². The van der Waals surface area contributed by atoms with Gasteiger partial charge in [0.2, 0.25) is 0 Å². The van der Waals surface area contributed by atoms with E-state index >= 15 is 0 Å². The van der Waals surface area contributed by atoms with Crippen molar-refractivity contribution in [1.82, 2.24) is 0 Å². The van der Waals surface area contributed by atoms with Crippen LogP contribution in [0.5, 0.6) is 0 Å². The molecular weight excluding hydrogens is 761 g/mol. The Balaban J connectivity index is 1.34. The molecule has 5 aromatic carbocycles. The summed E-state index contributed by atoms with van der Waals surface area (Å²) in [4.78, 5) is 28.6. The predicted molar refractivity (Wildman–Crippen MR) is 237 cm³/mol. The van der Waals surface area contributed by atoms with Crippen LogP contribution in [0.2, 0.25) is 0 Å². The van der Waals surface area contributed by atoms with E-state index in [2.05, 4.69) is 149 Å². The van der Waals surface area contributed by atoms with Crippen LogP contribution in [0.4, 0.5) is 0 Å². The Morgan fingerprint density at radius 2 is 0.714 bits per heavy atom. The molecule has 56 heavy (non-hydrogen) atoms. The summed E-state index contributed by atoms with van der Waals surface area (Å²) in [5, 5.41) is 2.33. The summed E-state index contributed by atoms with van der Waals surface area (Å²) in [5.74, 6) is 0. The first-order valence-corrected chi connectivity index (χ1v) is 22.0. The molecule has 2 nitrogen and oxygen atoms in total. The van der Waals surface area contributed by atoms with E-state index in [1.165, 1.54) is 95.7 Å². The Hall–Kier alpha value is -5.24. The summed E-state index contributed by atoms with van der Waals surface area (Å²) >= 11 is 6.84. The Morgan fingerprint density at radius 1 is 0.411 bits per heavy atom. The van der Waals surface area contributed by atoms with Gasteiger partial charge in [0.1, 0.15) is 0 Å². The SMILES string of the molecule is Cc1ccc(C2(c3ccc(C)cc3)c3cc4c(cc3-c3sc5sc(C=O)cc5c32)C(c2ccc(C)cc2)(c2ccc(C)cc2)c2c-4sc3sc(C=O)cc23)cc1. The topological polar surface area (TPSA) is 34.1 Å². The van der Waals surface area contributed by atoms with Gasteiger partial charge in [0.05, 0.1) is 28.6 Å². The zero-order chi connectivity index (χ0) is 38.1. The predicted octanol–water partition coefficient (Wildman–Crippen LogP) is 13.8. The van der Waals surface area contributed by atoms with Crippen LogP contribution in [0, 0.1) is 27.7 Å². The third kappa shape index (κ3) is 4.41. The van der Waals surface area contributed by atoms with Crippen LogP contribution < -0.4 is 0 Å². The van der Waals surface area contributed by atoms with E-state index in [4.69, 9.17) is 0 Å². The van der Waals surface area contributed by atoms with Crippen molar-refractivity contribution < 1.29 is 9.59 Å². The summed E-state index contributed by atoms with van der Waals surface area (Å²) in [7, 11) is 0. The average Bonchev–Trinajstić information content (AvgIpc) is 4.04. The Bertz CT molecular complexity index is 2770. The third-order valence-electron chi connectivity index (χ3n) is 12.2. The number of carbonyl (C=O) groups excluding carboxylic acids is 2. The largest absolute Gasteiger partial charge is 0.297 e. The van der Waals surface area contributed by atoms with E-state index in [9.17, 15) is 9.59 Å². The molecule has 2 aliphatic rings. The first kappa shape index (κ1) is 34.0. The van der Waals surface area contributed by atoms with E-state index in [0.717, 1.165) is 33.1 Å². The highest BCUT2D eigenvalue weighted by Gasteiger charge is 2.54. The first-order valence-electron chi connectivity index (χ1n) is 18.8. The molecule has 11 rings (SSSR count). The van der Waals surface area contributed by atoms with Crippen molar-refractivity contribution in [2.45, 2.75) is 38.5 Å². The Kier molecular flexibility index (Phi) is 7.37. The van der Waals surface area contributed by atoms with Crippen LogP contribution in [0.1, 0.15) is 86.1 Å². The average molecular weight is 795 g/mol. The highest BCUT2D eigenvalue weighted by atomic mass is 32.2. The van der Waals surface area contributed by atoms with Crippen molar-refractivity contribution in [2.24, 2.45) is 0 Å². The molecule has 0 unspecified atom stereocenters. The van der Waals surface area contributed by atoms with Crippen LogP contribution >= 0.6 is 45.3 Å². The van der Waals surface area contributed by atoms with Crippen molar-refractivity contribution in [3.8, 4) is 20.9 Å². The maximum Gasteiger partial charge on any atom is 0.160 e. The van der Waals surface area contributed by atoms with Crippen molar-refractivity contribution >= 4 is 76.7 Å². The molecule has 0 fully saturated rings. The second-order valence-corrected chi connectivity index (χ2v) is 20.2. The van der Waals surface area contributed by atoms with Crippen LogP contribution in [-0.4, -0.2) is 12.6 Å². The number of benzene rings is 5. The number of rotatable bonds is 6. The second-order valence-electron chi connectivity index (χ2n) is 15.5. The van der Waals surface area contributed by atoms with E-state index in [-0.39, 0.29) is 0 Å². The molecule has 0 atom stereocenters. The number of carbonyl (C=O) groups is 2. The number of hydrogen-bond donors (Lipinski definition) is 0. The van der Waals surface area contributed by atoms with Gasteiger partial charge in [-0.3, -0.25) is 9.59 Å².